The van der Waals surface area contributed by atoms with Gasteiger partial charge in [0.25, 0.3) is 5.56 Å². The number of halogens is 1. The zero-order valence-corrected chi connectivity index (χ0v) is 18.6. The van der Waals surface area contributed by atoms with E-state index >= 15 is 0 Å². The van der Waals surface area contributed by atoms with Crippen molar-refractivity contribution >= 4 is 34.3 Å². The Bertz CT molecular complexity index is 1170. The molecule has 30 heavy (non-hydrogen) atoms. The molecule has 1 unspecified atom stereocenters. The van der Waals surface area contributed by atoms with Gasteiger partial charge >= 0.3 is 5.69 Å². The number of benzene rings is 2. The number of hydrogen-bond donors (Lipinski definition) is 2. The van der Waals surface area contributed by atoms with Gasteiger partial charge in [0, 0.05) is 16.0 Å². The summed E-state index contributed by atoms with van der Waals surface area (Å²) in [5.41, 5.74) is 1.98. The monoisotopic (exact) mass is 443 g/mol. The Labute approximate surface area is 184 Å². The van der Waals surface area contributed by atoms with Gasteiger partial charge in [-0.05, 0) is 73.9 Å². The number of aromatic nitrogens is 2. The van der Waals surface area contributed by atoms with Crippen LogP contribution in [-0.4, -0.2) is 27.9 Å². The van der Waals surface area contributed by atoms with Crippen molar-refractivity contribution in [3.63, 3.8) is 0 Å². The maximum Gasteiger partial charge on any atom is 0.329 e. The van der Waals surface area contributed by atoms with Crippen LogP contribution in [0.2, 0.25) is 5.02 Å². The first-order valence-electron chi connectivity index (χ1n) is 10.4. The summed E-state index contributed by atoms with van der Waals surface area (Å²) in [4.78, 5) is 28.4. The van der Waals surface area contributed by atoms with Crippen LogP contribution < -0.4 is 16.6 Å². The first kappa shape index (κ1) is 21.2. The van der Waals surface area contributed by atoms with Crippen molar-refractivity contribution in [1.82, 2.24) is 14.9 Å². The number of H-pyrrole nitrogens is 1. The molecule has 0 radical (unpaired) electrons. The molecular weight excluding hydrogens is 418 g/mol. The highest BCUT2D eigenvalue weighted by Gasteiger charge is 2.15. The number of rotatable bonds is 6. The highest BCUT2D eigenvalue weighted by molar-refractivity contribution is 7.99. The van der Waals surface area contributed by atoms with Gasteiger partial charge in [-0.2, -0.15) is 0 Å². The maximum atomic E-state index is 12.6. The van der Waals surface area contributed by atoms with E-state index in [1.54, 1.807) is 16.7 Å². The summed E-state index contributed by atoms with van der Waals surface area (Å²) in [6.45, 7) is 3.54. The highest BCUT2D eigenvalue weighted by Crippen LogP contribution is 2.31. The standard InChI is InChI=1S/C23H26ClN3O2S/c1-15-12-17(24)13-16(21(15)30-11-9-18-6-4-5-10-25-18)14-27-20-8-3-2-7-19(20)22(28)26-23(27)29/h2-3,7-8,12-13,18,25H,4-6,9-11,14H2,1H3,(H,26,28,29). The van der Waals surface area contributed by atoms with Crippen LogP contribution >= 0.6 is 23.4 Å². The number of aryl methyl sites for hydroxylation is 1. The van der Waals surface area contributed by atoms with E-state index < -0.39 is 5.69 Å². The van der Waals surface area contributed by atoms with Crippen molar-refractivity contribution in [2.75, 3.05) is 12.3 Å². The molecule has 1 atom stereocenters. The molecule has 0 saturated carbocycles. The summed E-state index contributed by atoms with van der Waals surface area (Å²) >= 11 is 8.19. The van der Waals surface area contributed by atoms with Gasteiger partial charge < -0.3 is 5.32 Å². The Morgan fingerprint density at radius 3 is 2.83 bits per heavy atom. The summed E-state index contributed by atoms with van der Waals surface area (Å²) < 4.78 is 1.62. The zero-order valence-electron chi connectivity index (χ0n) is 17.0. The third kappa shape index (κ3) is 4.66. The van der Waals surface area contributed by atoms with E-state index in [4.69, 9.17) is 11.6 Å². The van der Waals surface area contributed by atoms with Gasteiger partial charge in [-0.3, -0.25) is 14.3 Å². The van der Waals surface area contributed by atoms with Crippen LogP contribution in [0, 0.1) is 6.92 Å². The number of thioether (sulfide) groups is 1. The molecule has 2 aromatic carbocycles. The van der Waals surface area contributed by atoms with Gasteiger partial charge in [0.05, 0.1) is 17.4 Å². The summed E-state index contributed by atoms with van der Waals surface area (Å²) in [6, 6.07) is 11.7. The molecule has 1 aliphatic heterocycles. The van der Waals surface area contributed by atoms with E-state index in [2.05, 4.69) is 17.2 Å². The Morgan fingerprint density at radius 2 is 2.03 bits per heavy atom. The first-order chi connectivity index (χ1) is 14.5. The molecule has 4 rings (SSSR count). The molecule has 2 N–H and O–H groups in total. The minimum atomic E-state index is -0.404. The van der Waals surface area contributed by atoms with Crippen molar-refractivity contribution in [1.29, 1.82) is 0 Å². The lowest BCUT2D eigenvalue weighted by atomic mass is 10.0. The Hall–Kier alpha value is -2.02. The minimum absolute atomic E-state index is 0.358. The molecule has 2 heterocycles. The van der Waals surface area contributed by atoms with Crippen LogP contribution in [0.5, 0.6) is 0 Å². The molecule has 3 aromatic rings. The molecule has 0 spiro atoms. The van der Waals surface area contributed by atoms with Gasteiger partial charge in [0.15, 0.2) is 0 Å². The summed E-state index contributed by atoms with van der Waals surface area (Å²) in [7, 11) is 0. The molecule has 0 aliphatic carbocycles. The molecule has 0 bridgehead atoms. The van der Waals surface area contributed by atoms with E-state index in [-0.39, 0.29) is 5.56 Å². The second-order valence-corrected chi connectivity index (χ2v) is 9.40. The van der Waals surface area contributed by atoms with Gasteiger partial charge in [-0.25, -0.2) is 4.79 Å². The lowest BCUT2D eigenvalue weighted by molar-refractivity contribution is 0.395. The Balaban J connectivity index is 1.64. The highest BCUT2D eigenvalue weighted by atomic mass is 35.5. The smallest absolute Gasteiger partial charge is 0.314 e. The van der Waals surface area contributed by atoms with Crippen molar-refractivity contribution in [2.24, 2.45) is 0 Å². The predicted molar refractivity (Wildman–Crippen MR) is 125 cm³/mol. The molecule has 1 fully saturated rings. The normalized spacial score (nSPS) is 16.8. The molecule has 1 saturated heterocycles. The van der Waals surface area contributed by atoms with E-state index in [1.165, 1.54) is 19.3 Å². The third-order valence-corrected chi connectivity index (χ3v) is 7.21. The molecule has 0 amide bonds. The fraction of sp³-hybridized carbons (Fsp3) is 0.391. The van der Waals surface area contributed by atoms with E-state index in [0.29, 0.717) is 28.5 Å². The first-order valence-corrected chi connectivity index (χ1v) is 11.8. The van der Waals surface area contributed by atoms with Crippen LogP contribution in [0.15, 0.2) is 50.9 Å². The number of nitrogens with one attached hydrogen (secondary N) is 2. The maximum absolute atomic E-state index is 12.6. The molecule has 158 valence electrons. The van der Waals surface area contributed by atoms with Crippen LogP contribution in [0.1, 0.15) is 36.8 Å². The molecular formula is C23H26ClN3O2S. The van der Waals surface area contributed by atoms with Crippen molar-refractivity contribution in [2.45, 2.75) is 50.1 Å². The second kappa shape index (κ2) is 9.41. The second-order valence-electron chi connectivity index (χ2n) is 7.86. The van der Waals surface area contributed by atoms with Crippen LogP contribution in [0.4, 0.5) is 0 Å². The lowest BCUT2D eigenvalue weighted by Crippen LogP contribution is -2.34. The molecule has 1 aromatic heterocycles. The lowest BCUT2D eigenvalue weighted by Gasteiger charge is -2.23. The fourth-order valence-corrected chi connectivity index (χ4v) is 5.66. The van der Waals surface area contributed by atoms with Crippen LogP contribution in [0.25, 0.3) is 10.9 Å². The number of piperidine rings is 1. The number of aromatic amines is 1. The summed E-state index contributed by atoms with van der Waals surface area (Å²) in [5, 5.41) is 4.77. The quantitative estimate of drug-likeness (QED) is 0.556. The SMILES string of the molecule is Cc1cc(Cl)cc(Cn2c(=O)[nH]c(=O)c3ccccc32)c1SCCC1CCCCN1. The molecule has 1 aliphatic rings. The van der Waals surface area contributed by atoms with Crippen molar-refractivity contribution < 1.29 is 0 Å². The topological polar surface area (TPSA) is 66.9 Å². The number of para-hydroxylation sites is 1. The average Bonchev–Trinajstić information content (AvgIpc) is 2.73. The van der Waals surface area contributed by atoms with Crippen molar-refractivity contribution in [3.05, 3.63) is 73.4 Å². The Kier molecular flexibility index (Phi) is 6.66. The largest absolute Gasteiger partial charge is 0.329 e. The predicted octanol–water partition coefficient (Wildman–Crippen LogP) is 4.32. The average molecular weight is 444 g/mol. The number of fused-ring (bicyclic) bond motifs is 1. The van der Waals surface area contributed by atoms with E-state index in [9.17, 15) is 9.59 Å². The van der Waals surface area contributed by atoms with Crippen molar-refractivity contribution in [3.8, 4) is 0 Å². The third-order valence-electron chi connectivity index (χ3n) is 5.67. The zero-order chi connectivity index (χ0) is 21.1. The Morgan fingerprint density at radius 1 is 1.20 bits per heavy atom. The number of nitrogens with zero attached hydrogens (tertiary/aromatic N) is 1. The minimum Gasteiger partial charge on any atom is -0.314 e. The molecule has 7 heteroatoms. The van der Waals surface area contributed by atoms with Gasteiger partial charge in [0.2, 0.25) is 0 Å². The molecule has 5 nitrogen and oxygen atoms in total. The van der Waals surface area contributed by atoms with Crippen LogP contribution in [-0.2, 0) is 6.54 Å². The van der Waals surface area contributed by atoms with Gasteiger partial charge in [0.1, 0.15) is 0 Å². The fourth-order valence-electron chi connectivity index (χ4n) is 4.17. The van der Waals surface area contributed by atoms with Gasteiger partial charge in [-0.1, -0.05) is 30.2 Å². The van der Waals surface area contributed by atoms with E-state index in [0.717, 1.165) is 34.7 Å². The van der Waals surface area contributed by atoms with Crippen LogP contribution in [0.3, 0.4) is 0 Å². The van der Waals surface area contributed by atoms with E-state index in [1.807, 2.05) is 36.0 Å². The number of hydrogen-bond acceptors (Lipinski definition) is 4. The van der Waals surface area contributed by atoms with Gasteiger partial charge in [-0.15, -0.1) is 11.8 Å². The summed E-state index contributed by atoms with van der Waals surface area (Å²) in [6.07, 6.45) is 4.93. The summed E-state index contributed by atoms with van der Waals surface area (Å²) in [5.74, 6) is 1.01.